The molecule has 0 spiro atoms. The molecule has 10 nitrogen and oxygen atoms in total. The van der Waals surface area contributed by atoms with E-state index in [-0.39, 0.29) is 25.9 Å². The first-order valence-corrected chi connectivity index (χ1v) is 10.2. The number of fused-ring (bicyclic) bond motifs is 1. The highest BCUT2D eigenvalue weighted by molar-refractivity contribution is 7.94. The first-order chi connectivity index (χ1) is 13.7. The molecule has 0 atom stereocenters. The molecule has 0 N–H and O–H groups in total. The van der Waals surface area contributed by atoms with Gasteiger partial charge in [0.2, 0.25) is 11.8 Å². The number of carbonyl (C=O) groups excluding carboxylic acids is 2. The Morgan fingerprint density at radius 3 is 1.62 bits per heavy atom. The third kappa shape index (κ3) is 4.76. The van der Waals surface area contributed by atoms with Gasteiger partial charge in [-0.3, -0.25) is 9.59 Å². The van der Waals surface area contributed by atoms with Crippen molar-refractivity contribution in [1.82, 2.24) is 9.80 Å². The van der Waals surface area contributed by atoms with E-state index in [2.05, 4.69) is 0 Å². The summed E-state index contributed by atoms with van der Waals surface area (Å²) in [5, 5.41) is 17.3. The maximum absolute atomic E-state index is 13.1. The maximum Gasteiger partial charge on any atom is 0.327 e. The van der Waals surface area contributed by atoms with Gasteiger partial charge in [0, 0.05) is 27.2 Å². The van der Waals surface area contributed by atoms with Crippen molar-refractivity contribution in [3.05, 3.63) is 24.3 Å². The number of amides is 2. The maximum atomic E-state index is 13.1. The van der Waals surface area contributed by atoms with Crippen molar-refractivity contribution >= 4 is 33.4 Å². The van der Waals surface area contributed by atoms with Gasteiger partial charge in [0.25, 0.3) is 0 Å². The Bertz CT molecular complexity index is 894. The second-order valence-electron chi connectivity index (χ2n) is 6.46. The van der Waals surface area contributed by atoms with E-state index in [9.17, 15) is 18.0 Å². The molecule has 2 rings (SSSR count). The zero-order valence-corrected chi connectivity index (χ0v) is 17.1. The fourth-order valence-electron chi connectivity index (χ4n) is 2.76. The summed E-state index contributed by atoms with van der Waals surface area (Å²) < 4.78 is 28.1. The van der Waals surface area contributed by atoms with Gasteiger partial charge in [-0.05, 0) is 12.1 Å². The van der Waals surface area contributed by atoms with Gasteiger partial charge >= 0.3 is 10.2 Å². The van der Waals surface area contributed by atoms with Gasteiger partial charge in [0.1, 0.15) is 13.1 Å². The topological polar surface area (TPSA) is 129 Å². The lowest BCUT2D eigenvalue weighted by atomic mass is 10.2. The summed E-state index contributed by atoms with van der Waals surface area (Å²) in [5.41, 5.74) is 0.615. The van der Waals surface area contributed by atoms with Crippen LogP contribution in [0.25, 0.3) is 0 Å². The molecule has 1 aliphatic heterocycles. The lowest BCUT2D eigenvalue weighted by Crippen LogP contribution is -2.47. The van der Waals surface area contributed by atoms with Crippen molar-refractivity contribution in [3.8, 4) is 12.1 Å². The van der Waals surface area contributed by atoms with Crippen LogP contribution >= 0.6 is 0 Å². The lowest BCUT2D eigenvalue weighted by Gasteiger charge is -2.24. The third-order valence-electron chi connectivity index (χ3n) is 4.50. The SMILES string of the molecule is CN(CCC#N)C(=O)CN1c2ccccc2N(CC(=O)N(C)CCC#N)S1(=O)=O. The minimum atomic E-state index is -4.14. The van der Waals surface area contributed by atoms with Crippen molar-refractivity contribution in [2.45, 2.75) is 12.8 Å². The monoisotopic (exact) mass is 418 g/mol. The Morgan fingerprint density at radius 2 is 1.28 bits per heavy atom. The Morgan fingerprint density at radius 1 is 0.897 bits per heavy atom. The average Bonchev–Trinajstić information content (AvgIpc) is 2.91. The van der Waals surface area contributed by atoms with E-state index in [1.54, 1.807) is 24.3 Å². The highest BCUT2D eigenvalue weighted by Gasteiger charge is 2.42. The van der Waals surface area contributed by atoms with Crippen molar-refractivity contribution in [3.63, 3.8) is 0 Å². The van der Waals surface area contributed by atoms with Crippen LogP contribution in [-0.4, -0.2) is 70.3 Å². The number of benzene rings is 1. The van der Waals surface area contributed by atoms with Crippen LogP contribution in [0.15, 0.2) is 24.3 Å². The number of hydrogen-bond donors (Lipinski definition) is 0. The minimum Gasteiger partial charge on any atom is -0.343 e. The van der Waals surface area contributed by atoms with E-state index in [1.165, 1.54) is 23.9 Å². The van der Waals surface area contributed by atoms with Crippen LogP contribution in [0.2, 0.25) is 0 Å². The number of para-hydroxylation sites is 2. The summed E-state index contributed by atoms with van der Waals surface area (Å²) in [6.45, 7) is -0.486. The van der Waals surface area contributed by atoms with E-state index in [0.29, 0.717) is 11.4 Å². The van der Waals surface area contributed by atoms with E-state index in [0.717, 1.165) is 8.61 Å². The van der Waals surface area contributed by atoms with Gasteiger partial charge in [0.05, 0.1) is 36.4 Å². The molecular weight excluding hydrogens is 396 g/mol. The summed E-state index contributed by atoms with van der Waals surface area (Å²) in [6.07, 6.45) is 0.280. The third-order valence-corrected chi connectivity index (χ3v) is 6.27. The van der Waals surface area contributed by atoms with Gasteiger partial charge in [0.15, 0.2) is 0 Å². The number of rotatable bonds is 8. The Labute approximate surface area is 170 Å². The Hall–Kier alpha value is -3.31. The molecule has 1 aromatic rings. The van der Waals surface area contributed by atoms with E-state index in [1.807, 2.05) is 12.1 Å². The van der Waals surface area contributed by atoms with Gasteiger partial charge in [-0.2, -0.15) is 18.9 Å². The molecule has 11 heteroatoms. The number of hydrogen-bond acceptors (Lipinski definition) is 6. The van der Waals surface area contributed by atoms with Crippen LogP contribution in [0.4, 0.5) is 11.4 Å². The fraction of sp³-hybridized carbons (Fsp3) is 0.444. The molecule has 0 radical (unpaired) electrons. The number of anilines is 2. The van der Waals surface area contributed by atoms with Crippen LogP contribution in [0, 0.1) is 22.7 Å². The molecule has 1 aliphatic rings. The van der Waals surface area contributed by atoms with Crippen molar-refractivity contribution in [1.29, 1.82) is 10.5 Å². The number of nitrogens with zero attached hydrogens (tertiary/aromatic N) is 6. The molecule has 154 valence electrons. The van der Waals surface area contributed by atoms with Crippen LogP contribution in [0.5, 0.6) is 0 Å². The summed E-state index contributed by atoms with van der Waals surface area (Å²) >= 11 is 0. The first-order valence-electron chi connectivity index (χ1n) is 8.85. The largest absolute Gasteiger partial charge is 0.343 e. The second kappa shape index (κ2) is 9.26. The Balaban J connectivity index is 2.26. The molecular formula is C18H22N6O4S. The van der Waals surface area contributed by atoms with Gasteiger partial charge in [-0.15, -0.1) is 0 Å². The minimum absolute atomic E-state index is 0.140. The summed E-state index contributed by atoms with van der Waals surface area (Å²) in [4.78, 5) is 27.5. The average molecular weight is 418 g/mol. The number of likely N-dealkylation sites (N-methyl/N-ethyl adjacent to an activating group) is 2. The molecule has 0 aliphatic carbocycles. The van der Waals surface area contributed by atoms with E-state index >= 15 is 0 Å². The normalized spacial score (nSPS) is 13.9. The predicted octanol–water partition coefficient (Wildman–Crippen LogP) is 0.302. The van der Waals surface area contributed by atoms with Crippen molar-refractivity contribution < 1.29 is 18.0 Å². The molecule has 0 saturated carbocycles. The zero-order chi connectivity index (χ0) is 21.6. The highest BCUT2D eigenvalue weighted by atomic mass is 32.2. The molecule has 0 unspecified atom stereocenters. The molecule has 0 aromatic heterocycles. The quantitative estimate of drug-likeness (QED) is 0.597. The summed E-state index contributed by atoms with van der Waals surface area (Å²) in [5.74, 6) is -0.920. The van der Waals surface area contributed by atoms with Crippen LogP contribution in [-0.2, 0) is 19.8 Å². The molecule has 0 bridgehead atoms. The van der Waals surface area contributed by atoms with E-state index < -0.39 is 35.1 Å². The smallest absolute Gasteiger partial charge is 0.327 e. The molecule has 1 aromatic carbocycles. The van der Waals surface area contributed by atoms with Crippen LogP contribution < -0.4 is 8.61 Å². The number of carbonyl (C=O) groups is 2. The number of nitriles is 2. The van der Waals surface area contributed by atoms with Gasteiger partial charge in [-0.25, -0.2) is 8.61 Å². The van der Waals surface area contributed by atoms with Crippen LogP contribution in [0.1, 0.15) is 12.8 Å². The second-order valence-corrected chi connectivity index (χ2v) is 8.23. The molecule has 0 saturated heterocycles. The summed E-state index contributed by atoms with van der Waals surface area (Å²) in [6, 6.07) is 10.3. The zero-order valence-electron chi connectivity index (χ0n) is 16.3. The molecule has 1 heterocycles. The van der Waals surface area contributed by atoms with Gasteiger partial charge in [-0.1, -0.05) is 12.1 Å². The van der Waals surface area contributed by atoms with Crippen LogP contribution in [0.3, 0.4) is 0 Å². The standard InChI is InChI=1S/C18H22N6O4S/c1-21(11-5-9-19)17(25)13-23-15-7-3-4-8-16(15)24(29(23,27)28)14-18(26)22(2)12-6-10-20/h3-4,7-8H,5-6,11-14H2,1-2H3. The first kappa shape index (κ1) is 22.0. The van der Waals surface area contributed by atoms with Crippen molar-refractivity contribution in [2.24, 2.45) is 0 Å². The van der Waals surface area contributed by atoms with E-state index in [4.69, 9.17) is 10.5 Å². The molecule has 0 fully saturated rings. The Kier molecular flexibility index (Phi) is 7.02. The predicted molar refractivity (Wildman–Crippen MR) is 106 cm³/mol. The van der Waals surface area contributed by atoms with Gasteiger partial charge < -0.3 is 9.80 Å². The fourth-order valence-corrected chi connectivity index (χ4v) is 4.35. The highest BCUT2D eigenvalue weighted by Crippen LogP contribution is 2.40. The lowest BCUT2D eigenvalue weighted by molar-refractivity contribution is -0.128. The van der Waals surface area contributed by atoms with Crippen molar-refractivity contribution in [2.75, 3.05) is 48.9 Å². The summed E-state index contributed by atoms with van der Waals surface area (Å²) in [7, 11) is -1.14. The molecule has 29 heavy (non-hydrogen) atoms. The molecule has 2 amide bonds.